The van der Waals surface area contributed by atoms with Crippen LogP contribution in [0, 0.1) is 0 Å². The Morgan fingerprint density at radius 3 is 2.21 bits per heavy atom. The van der Waals surface area contributed by atoms with Crippen LogP contribution >= 0.6 is 0 Å². The van der Waals surface area contributed by atoms with E-state index in [0.29, 0.717) is 54.9 Å². The maximum atomic E-state index is 13.9. The molecule has 1 saturated heterocycles. The van der Waals surface area contributed by atoms with E-state index in [-0.39, 0.29) is 47.2 Å². The molecule has 3 aromatic heterocycles. The monoisotopic (exact) mass is 795 g/mol. The van der Waals surface area contributed by atoms with Crippen LogP contribution in [0.2, 0.25) is 0 Å². The lowest BCUT2D eigenvalue weighted by Crippen LogP contribution is -2.48. The molecule has 0 saturated carbocycles. The number of hydrogen-bond donors (Lipinski definition) is 0. The van der Waals surface area contributed by atoms with Crippen LogP contribution < -0.4 is 9.47 Å². The molecule has 57 heavy (non-hydrogen) atoms. The van der Waals surface area contributed by atoms with Gasteiger partial charge in [0, 0.05) is 49.7 Å². The predicted octanol–water partition coefficient (Wildman–Crippen LogP) is 7.03. The minimum absolute atomic E-state index is 0.0178. The van der Waals surface area contributed by atoms with Gasteiger partial charge in [-0.3, -0.25) is 14.5 Å². The normalized spacial score (nSPS) is 13.8. The molecule has 1 amide bonds. The van der Waals surface area contributed by atoms with Gasteiger partial charge in [-0.05, 0) is 48.0 Å². The number of aromatic nitrogens is 5. The van der Waals surface area contributed by atoms with Gasteiger partial charge in [-0.1, -0.05) is 29.4 Å². The van der Waals surface area contributed by atoms with E-state index in [2.05, 4.69) is 25.0 Å². The zero-order valence-corrected chi connectivity index (χ0v) is 29.9. The molecule has 19 heteroatoms. The Morgan fingerprint density at radius 1 is 0.842 bits per heavy atom. The van der Waals surface area contributed by atoms with Crippen molar-refractivity contribution in [3.05, 3.63) is 102 Å². The molecule has 0 radical (unpaired) electrons. The molecule has 7 rings (SSSR count). The molecule has 13 nitrogen and oxygen atoms in total. The summed E-state index contributed by atoms with van der Waals surface area (Å²) in [5, 5.41) is 4.49. The molecule has 0 aliphatic carbocycles. The minimum atomic E-state index is -4.48. The molecule has 3 aromatic carbocycles. The average molecular weight is 796 g/mol. The molecule has 0 spiro atoms. The lowest BCUT2D eigenvalue weighted by atomic mass is 10.1. The van der Waals surface area contributed by atoms with Crippen molar-refractivity contribution in [3.8, 4) is 40.4 Å². The van der Waals surface area contributed by atoms with Crippen LogP contribution in [0.25, 0.3) is 33.9 Å². The first-order valence-corrected chi connectivity index (χ1v) is 17.2. The lowest BCUT2D eigenvalue weighted by Gasteiger charge is -2.35. The number of piperazine rings is 1. The fraction of sp³-hybridized carbons (Fsp3) is 0.263. The van der Waals surface area contributed by atoms with Crippen LogP contribution in [0.15, 0.2) is 89.7 Å². The van der Waals surface area contributed by atoms with Gasteiger partial charge in [0.25, 0.3) is 11.8 Å². The Kier molecular flexibility index (Phi) is 10.8. The highest BCUT2D eigenvalue weighted by atomic mass is 19.4. The highest BCUT2D eigenvalue weighted by Crippen LogP contribution is 2.32. The smallest absolute Gasteiger partial charge is 0.422 e. The van der Waals surface area contributed by atoms with Gasteiger partial charge in [0.2, 0.25) is 11.7 Å². The van der Waals surface area contributed by atoms with Gasteiger partial charge in [0.15, 0.2) is 6.61 Å². The molecule has 1 fully saturated rings. The first-order chi connectivity index (χ1) is 27.2. The van der Waals surface area contributed by atoms with Crippen molar-refractivity contribution in [1.29, 1.82) is 0 Å². The number of benzene rings is 3. The van der Waals surface area contributed by atoms with Crippen molar-refractivity contribution in [2.75, 3.05) is 39.9 Å². The molecule has 4 heterocycles. The second-order valence-electron chi connectivity index (χ2n) is 12.9. The summed E-state index contributed by atoms with van der Waals surface area (Å²) in [6, 6.07) is 17.4. The number of fused-ring (bicyclic) bond motifs is 1. The largest absolute Gasteiger partial charge is 0.484 e. The number of nitrogens with zero attached hydrogens (tertiary/aromatic N) is 7. The summed E-state index contributed by atoms with van der Waals surface area (Å²) in [5.74, 6) is -0.279. The molecule has 296 valence electrons. The van der Waals surface area contributed by atoms with Crippen LogP contribution in [0.4, 0.5) is 26.3 Å². The summed E-state index contributed by atoms with van der Waals surface area (Å²) in [5.41, 5.74) is 1.37. The summed E-state index contributed by atoms with van der Waals surface area (Å²) in [6.07, 6.45) is -6.27. The molecule has 0 unspecified atom stereocenters. The summed E-state index contributed by atoms with van der Waals surface area (Å²) >= 11 is 0. The number of esters is 1. The molecule has 0 N–H and O–H groups in total. The van der Waals surface area contributed by atoms with Crippen LogP contribution in [-0.4, -0.2) is 92.4 Å². The van der Waals surface area contributed by atoms with Crippen molar-refractivity contribution in [2.45, 2.75) is 25.4 Å². The third-order valence-electron chi connectivity index (χ3n) is 8.97. The van der Waals surface area contributed by atoms with E-state index in [1.807, 2.05) is 0 Å². The second kappa shape index (κ2) is 15.9. The topological polar surface area (TPSA) is 138 Å². The fourth-order valence-corrected chi connectivity index (χ4v) is 6.08. The number of carbonyl (C=O) groups is 2. The van der Waals surface area contributed by atoms with Crippen LogP contribution in [0.1, 0.15) is 21.6 Å². The van der Waals surface area contributed by atoms with Crippen molar-refractivity contribution in [3.63, 3.8) is 0 Å². The van der Waals surface area contributed by atoms with Gasteiger partial charge < -0.3 is 28.2 Å². The minimum Gasteiger partial charge on any atom is -0.484 e. The summed E-state index contributed by atoms with van der Waals surface area (Å²) in [6.45, 7) is 0.793. The Morgan fingerprint density at radius 2 is 1.56 bits per heavy atom. The van der Waals surface area contributed by atoms with E-state index in [4.69, 9.17) is 18.7 Å². The molecule has 1 aliphatic heterocycles. The van der Waals surface area contributed by atoms with E-state index in [1.165, 1.54) is 43.8 Å². The lowest BCUT2D eigenvalue weighted by molar-refractivity contribution is -0.153. The Hall–Kier alpha value is -6.50. The molecule has 0 bridgehead atoms. The van der Waals surface area contributed by atoms with Crippen LogP contribution in [0.5, 0.6) is 17.4 Å². The quantitative estimate of drug-likeness (QED) is 0.0987. The predicted molar refractivity (Wildman–Crippen MR) is 189 cm³/mol. The number of rotatable bonds is 11. The maximum Gasteiger partial charge on any atom is 0.422 e. The summed E-state index contributed by atoms with van der Waals surface area (Å²) in [7, 11) is 1.25. The Bertz CT molecular complexity index is 2350. The number of ether oxygens (including phenoxy) is 3. The standard InChI is InChI=1S/C38H31F6N7O6/c1-54-33(52)21-51-30-17-28(56-32-19-45-29(18-46-32)35-47-34(48-57-35)24-4-7-26(8-5-24)38(42,43)44)11-6-25(30)16-31(51)36(53)50-14-12-49(13-15-50)20-23-2-9-27(10-3-23)55-22-37(39,40)41/h2-11,16-19H,12-15,20-22H2,1H3. The Labute approximate surface area is 319 Å². The Balaban J connectivity index is 1.01. The SMILES string of the molecule is COC(=O)Cn1c(C(=O)N2CCN(Cc3ccc(OCC(F)(F)F)cc3)CC2)cc2ccc(Oc3cnc(-c4nc(-c5ccc(C(F)(F)F)cc5)no4)cn3)cc21. The molecule has 6 aromatic rings. The summed E-state index contributed by atoms with van der Waals surface area (Å²) in [4.78, 5) is 42.9. The zero-order chi connectivity index (χ0) is 40.3. The van der Waals surface area contributed by atoms with Gasteiger partial charge in [-0.2, -0.15) is 31.3 Å². The number of halogens is 6. The van der Waals surface area contributed by atoms with Crippen LogP contribution in [-0.2, 0) is 28.8 Å². The van der Waals surface area contributed by atoms with Crippen molar-refractivity contribution < 1.29 is 54.7 Å². The summed E-state index contributed by atoms with van der Waals surface area (Å²) < 4.78 is 98.6. The van der Waals surface area contributed by atoms with E-state index >= 15 is 0 Å². The van der Waals surface area contributed by atoms with Crippen molar-refractivity contribution in [2.24, 2.45) is 0 Å². The third kappa shape index (κ3) is 9.31. The number of alkyl halides is 6. The first-order valence-electron chi connectivity index (χ1n) is 17.2. The number of hydrogen-bond acceptors (Lipinski definition) is 11. The number of methoxy groups -OCH3 is 1. The van der Waals surface area contributed by atoms with Crippen molar-refractivity contribution >= 4 is 22.8 Å². The zero-order valence-electron chi connectivity index (χ0n) is 29.9. The van der Waals surface area contributed by atoms with E-state index in [9.17, 15) is 35.9 Å². The first kappa shape index (κ1) is 38.8. The fourth-order valence-electron chi connectivity index (χ4n) is 6.08. The van der Waals surface area contributed by atoms with Gasteiger partial charge in [0.05, 0.1) is 30.6 Å². The van der Waals surface area contributed by atoms with E-state index < -0.39 is 30.5 Å². The highest BCUT2D eigenvalue weighted by Gasteiger charge is 2.31. The van der Waals surface area contributed by atoms with E-state index in [0.717, 1.165) is 17.7 Å². The van der Waals surface area contributed by atoms with Crippen molar-refractivity contribution in [1.82, 2.24) is 34.5 Å². The molecule has 1 aliphatic rings. The number of carbonyl (C=O) groups excluding carboxylic acids is 2. The van der Waals surface area contributed by atoms with Gasteiger partial charge >= 0.3 is 18.3 Å². The average Bonchev–Trinajstić information content (AvgIpc) is 3.83. The van der Waals surface area contributed by atoms with Crippen LogP contribution in [0.3, 0.4) is 0 Å². The van der Waals surface area contributed by atoms with E-state index in [1.54, 1.807) is 45.9 Å². The second-order valence-corrected chi connectivity index (χ2v) is 12.9. The molecular formula is C38H31F6N7O6. The maximum absolute atomic E-state index is 13.9. The van der Waals surface area contributed by atoms with Gasteiger partial charge in [0.1, 0.15) is 29.4 Å². The molecule has 0 atom stereocenters. The third-order valence-corrected chi connectivity index (χ3v) is 8.97. The highest BCUT2D eigenvalue weighted by molar-refractivity contribution is 5.99. The molecular weight excluding hydrogens is 764 g/mol. The van der Waals surface area contributed by atoms with Gasteiger partial charge in [-0.15, -0.1) is 0 Å². The van der Waals surface area contributed by atoms with Gasteiger partial charge in [-0.25, -0.2) is 9.97 Å². The number of amides is 1.